The molecule has 1 aliphatic rings. The number of amidine groups is 1. The fourth-order valence-corrected chi connectivity index (χ4v) is 1.88. The first-order chi connectivity index (χ1) is 9.82. The summed E-state index contributed by atoms with van der Waals surface area (Å²) < 4.78 is 0. The summed E-state index contributed by atoms with van der Waals surface area (Å²) in [5, 5.41) is 9.18. The van der Waals surface area contributed by atoms with E-state index in [1.165, 1.54) is 6.92 Å². The molecule has 1 heterocycles. The Balaban J connectivity index is 2.24. The van der Waals surface area contributed by atoms with Gasteiger partial charge in [-0.2, -0.15) is 5.10 Å². The summed E-state index contributed by atoms with van der Waals surface area (Å²) in [6.07, 6.45) is 0. The van der Waals surface area contributed by atoms with Crippen LogP contribution in [-0.4, -0.2) is 23.4 Å². The normalized spacial score (nSPS) is 18.5. The zero-order valence-electron chi connectivity index (χ0n) is 12.0. The van der Waals surface area contributed by atoms with Crippen LogP contribution < -0.4 is 16.1 Å². The molecule has 110 valence electrons. The van der Waals surface area contributed by atoms with Crippen LogP contribution in [0.5, 0.6) is 0 Å². The Morgan fingerprint density at radius 3 is 2.33 bits per heavy atom. The molecule has 0 aromatic heterocycles. The van der Waals surface area contributed by atoms with E-state index in [-0.39, 0.29) is 11.7 Å². The number of hydrogen-bond donors (Lipinski definition) is 3. The van der Waals surface area contributed by atoms with Crippen molar-refractivity contribution in [3.8, 4) is 0 Å². The van der Waals surface area contributed by atoms with Crippen LogP contribution in [-0.2, 0) is 14.4 Å². The van der Waals surface area contributed by atoms with E-state index in [0.29, 0.717) is 11.4 Å². The van der Waals surface area contributed by atoms with Crippen LogP contribution in [0.2, 0.25) is 0 Å². The monoisotopic (exact) mass is 288 g/mol. The van der Waals surface area contributed by atoms with E-state index < -0.39 is 17.1 Å². The number of benzene rings is 1. The molecule has 7 heteroatoms. The minimum absolute atomic E-state index is 0.207. The number of hydrazone groups is 1. The van der Waals surface area contributed by atoms with Crippen LogP contribution in [0, 0.1) is 5.41 Å². The Labute approximate surface area is 121 Å². The molecule has 1 aliphatic heterocycles. The maximum atomic E-state index is 11.7. The van der Waals surface area contributed by atoms with Crippen LogP contribution in [0.25, 0.3) is 0 Å². The van der Waals surface area contributed by atoms with Crippen LogP contribution in [0.4, 0.5) is 11.4 Å². The number of amides is 2. The third-order valence-corrected chi connectivity index (χ3v) is 3.12. The van der Waals surface area contributed by atoms with Gasteiger partial charge < -0.3 is 10.6 Å². The van der Waals surface area contributed by atoms with Crippen LogP contribution in [0.15, 0.2) is 29.4 Å². The summed E-state index contributed by atoms with van der Waals surface area (Å²) in [7, 11) is 0. The summed E-state index contributed by atoms with van der Waals surface area (Å²) >= 11 is 0. The Bertz CT molecular complexity index is 649. The van der Waals surface area contributed by atoms with Gasteiger partial charge in [-0.15, -0.1) is 0 Å². The Morgan fingerprint density at radius 2 is 1.81 bits per heavy atom. The number of nitrogens with zero attached hydrogens (tertiary/aromatic N) is 1. The molecule has 0 atom stereocenters. The molecule has 1 aromatic carbocycles. The Hall–Kier alpha value is -2.70. The lowest BCUT2D eigenvalue weighted by molar-refractivity contribution is -0.138. The van der Waals surface area contributed by atoms with Gasteiger partial charge in [-0.3, -0.25) is 19.8 Å². The first-order valence-corrected chi connectivity index (χ1v) is 6.39. The summed E-state index contributed by atoms with van der Waals surface area (Å²) in [6.45, 7) is 4.64. The first kappa shape index (κ1) is 14.7. The van der Waals surface area contributed by atoms with Gasteiger partial charge in [0.25, 0.3) is 5.91 Å². The maximum absolute atomic E-state index is 11.7. The number of hydrogen-bond acceptors (Lipinski definition) is 5. The number of nitrogens with one attached hydrogen (secondary N) is 3. The van der Waals surface area contributed by atoms with Crippen molar-refractivity contribution in [3.05, 3.63) is 24.3 Å². The highest BCUT2D eigenvalue weighted by Gasteiger charge is 2.45. The third kappa shape index (κ3) is 2.91. The fraction of sp³-hybridized carbons (Fsp3) is 0.286. The highest BCUT2D eigenvalue weighted by Crippen LogP contribution is 2.25. The van der Waals surface area contributed by atoms with Crippen LogP contribution >= 0.6 is 0 Å². The zero-order chi connectivity index (χ0) is 15.6. The quantitative estimate of drug-likeness (QED) is 0.572. The molecule has 0 aliphatic carbocycles. The number of rotatable bonds is 3. The molecular formula is C14H16N4O3. The van der Waals surface area contributed by atoms with Crippen molar-refractivity contribution in [3.63, 3.8) is 0 Å². The van der Waals surface area contributed by atoms with Crippen LogP contribution in [0.1, 0.15) is 20.8 Å². The van der Waals surface area contributed by atoms with Crippen molar-refractivity contribution in [2.45, 2.75) is 20.8 Å². The van der Waals surface area contributed by atoms with Crippen molar-refractivity contribution in [2.24, 2.45) is 10.5 Å². The number of para-hydroxylation sites is 2. The SMILES string of the molecule is CC(=O)Nc1ccccc1N/N=C1\NC(=O)C(=O)C1(C)C. The topological polar surface area (TPSA) is 99.7 Å². The van der Waals surface area contributed by atoms with Crippen molar-refractivity contribution >= 4 is 34.8 Å². The van der Waals surface area contributed by atoms with E-state index in [9.17, 15) is 14.4 Å². The highest BCUT2D eigenvalue weighted by molar-refractivity contribution is 6.50. The van der Waals surface area contributed by atoms with Crippen LogP contribution in [0.3, 0.4) is 0 Å². The minimum Gasteiger partial charge on any atom is -0.324 e. The van der Waals surface area contributed by atoms with E-state index in [0.717, 1.165) is 0 Å². The Morgan fingerprint density at radius 1 is 1.19 bits per heavy atom. The number of carbonyl (C=O) groups excluding carboxylic acids is 3. The number of Topliss-reactive ketones (excluding diaryl/α,β-unsaturated/α-hetero) is 1. The van der Waals surface area contributed by atoms with Gasteiger partial charge in [0.15, 0.2) is 0 Å². The van der Waals surface area contributed by atoms with E-state index >= 15 is 0 Å². The maximum Gasteiger partial charge on any atom is 0.293 e. The minimum atomic E-state index is -0.993. The van der Waals surface area contributed by atoms with Gasteiger partial charge in [0.1, 0.15) is 5.84 Å². The molecular weight excluding hydrogens is 272 g/mol. The largest absolute Gasteiger partial charge is 0.324 e. The molecule has 0 unspecified atom stereocenters. The molecule has 7 nitrogen and oxygen atoms in total. The second kappa shape index (κ2) is 5.35. The molecule has 2 rings (SSSR count). The molecule has 1 fully saturated rings. The highest BCUT2D eigenvalue weighted by atomic mass is 16.2. The summed E-state index contributed by atoms with van der Waals surface area (Å²) in [5.41, 5.74) is 2.89. The molecule has 1 saturated heterocycles. The zero-order valence-corrected chi connectivity index (χ0v) is 12.0. The van der Waals surface area contributed by atoms with E-state index in [1.807, 2.05) is 0 Å². The predicted molar refractivity (Wildman–Crippen MR) is 78.7 cm³/mol. The average Bonchev–Trinajstić information content (AvgIpc) is 2.60. The molecule has 2 amide bonds. The predicted octanol–water partition coefficient (Wildman–Crippen LogP) is 1.10. The summed E-state index contributed by atoms with van der Waals surface area (Å²) in [4.78, 5) is 34.2. The second-order valence-corrected chi connectivity index (χ2v) is 5.21. The molecule has 21 heavy (non-hydrogen) atoms. The standard InChI is InChI=1S/C14H16N4O3/c1-8(19)15-9-6-4-5-7-10(9)17-18-13-14(2,3)11(20)12(21)16-13/h4-7,17H,1-3H3,(H,15,19)(H,16,18,21). The molecule has 0 bridgehead atoms. The molecule has 3 N–H and O–H groups in total. The number of anilines is 2. The Kier molecular flexibility index (Phi) is 3.75. The second-order valence-electron chi connectivity index (χ2n) is 5.21. The first-order valence-electron chi connectivity index (χ1n) is 6.39. The van der Waals surface area contributed by atoms with Crippen molar-refractivity contribution in [1.29, 1.82) is 0 Å². The van der Waals surface area contributed by atoms with E-state index in [1.54, 1.807) is 38.1 Å². The summed E-state index contributed by atoms with van der Waals surface area (Å²) in [5.74, 6) is -1.16. The van der Waals surface area contributed by atoms with Gasteiger partial charge in [0, 0.05) is 6.92 Å². The van der Waals surface area contributed by atoms with Crippen molar-refractivity contribution in [2.75, 3.05) is 10.7 Å². The molecule has 0 saturated carbocycles. The van der Waals surface area contributed by atoms with Gasteiger partial charge in [0.05, 0.1) is 16.8 Å². The lowest BCUT2D eigenvalue weighted by Crippen LogP contribution is -2.30. The van der Waals surface area contributed by atoms with Crippen molar-refractivity contribution in [1.82, 2.24) is 5.32 Å². The van der Waals surface area contributed by atoms with Gasteiger partial charge >= 0.3 is 0 Å². The molecule has 0 spiro atoms. The lowest BCUT2D eigenvalue weighted by atomic mass is 9.90. The number of carbonyl (C=O) groups is 3. The fourth-order valence-electron chi connectivity index (χ4n) is 1.88. The third-order valence-electron chi connectivity index (χ3n) is 3.12. The van der Waals surface area contributed by atoms with Gasteiger partial charge in [-0.25, -0.2) is 0 Å². The van der Waals surface area contributed by atoms with Gasteiger partial charge in [0.2, 0.25) is 11.7 Å². The van der Waals surface area contributed by atoms with Gasteiger partial charge in [-0.05, 0) is 26.0 Å². The van der Waals surface area contributed by atoms with E-state index in [2.05, 4.69) is 21.2 Å². The summed E-state index contributed by atoms with van der Waals surface area (Å²) in [6, 6.07) is 6.99. The average molecular weight is 288 g/mol. The van der Waals surface area contributed by atoms with Crippen molar-refractivity contribution < 1.29 is 14.4 Å². The molecule has 0 radical (unpaired) electrons. The number of ketones is 1. The lowest BCUT2D eigenvalue weighted by Gasteiger charge is -2.15. The molecule has 1 aromatic rings. The smallest absolute Gasteiger partial charge is 0.293 e. The van der Waals surface area contributed by atoms with Gasteiger partial charge in [-0.1, -0.05) is 12.1 Å². The van der Waals surface area contributed by atoms with E-state index in [4.69, 9.17) is 0 Å².